The Kier molecular flexibility index (Phi) is 3.28. The monoisotopic (exact) mass is 237 g/mol. The van der Waals surface area contributed by atoms with Crippen molar-refractivity contribution < 1.29 is 9.13 Å². The SMILES string of the molecule is COC1CCN(c2cccc(F)c2C(=N)N)C1. The molecular weight excluding hydrogens is 221 g/mol. The van der Waals surface area contributed by atoms with E-state index >= 15 is 0 Å². The molecule has 0 spiro atoms. The summed E-state index contributed by atoms with van der Waals surface area (Å²) >= 11 is 0. The first-order valence-electron chi connectivity index (χ1n) is 5.54. The predicted octanol–water partition coefficient (Wildman–Crippen LogP) is 1.33. The fraction of sp³-hybridized carbons (Fsp3) is 0.417. The number of nitrogen functional groups attached to an aromatic ring is 1. The van der Waals surface area contributed by atoms with E-state index in [0.29, 0.717) is 12.2 Å². The number of nitrogens with two attached hydrogens (primary N) is 1. The molecule has 17 heavy (non-hydrogen) atoms. The molecule has 5 heteroatoms. The van der Waals surface area contributed by atoms with Gasteiger partial charge in [-0.15, -0.1) is 0 Å². The van der Waals surface area contributed by atoms with Gasteiger partial charge in [0, 0.05) is 20.2 Å². The second kappa shape index (κ2) is 4.71. The van der Waals surface area contributed by atoms with Gasteiger partial charge in [0.05, 0.1) is 17.4 Å². The van der Waals surface area contributed by atoms with Gasteiger partial charge < -0.3 is 15.4 Å². The van der Waals surface area contributed by atoms with Crippen molar-refractivity contribution in [1.29, 1.82) is 5.41 Å². The Morgan fingerprint density at radius 2 is 2.35 bits per heavy atom. The number of ether oxygens (including phenoxy) is 1. The molecule has 0 aliphatic carbocycles. The predicted molar refractivity (Wildman–Crippen MR) is 65.0 cm³/mol. The smallest absolute Gasteiger partial charge is 0.136 e. The number of hydrogen-bond acceptors (Lipinski definition) is 3. The van der Waals surface area contributed by atoms with Crippen LogP contribution >= 0.6 is 0 Å². The highest BCUT2D eigenvalue weighted by atomic mass is 19.1. The summed E-state index contributed by atoms with van der Waals surface area (Å²) < 4.78 is 18.9. The van der Waals surface area contributed by atoms with Crippen molar-refractivity contribution in [2.75, 3.05) is 25.1 Å². The van der Waals surface area contributed by atoms with Crippen LogP contribution in [0, 0.1) is 11.2 Å². The van der Waals surface area contributed by atoms with E-state index in [0.717, 1.165) is 13.0 Å². The third-order valence-electron chi connectivity index (χ3n) is 3.08. The molecular formula is C12H16FN3O. The van der Waals surface area contributed by atoms with Gasteiger partial charge in [-0.3, -0.25) is 5.41 Å². The van der Waals surface area contributed by atoms with Crippen molar-refractivity contribution in [2.24, 2.45) is 5.73 Å². The normalized spacial score (nSPS) is 19.6. The van der Waals surface area contributed by atoms with Crippen LogP contribution in [0.25, 0.3) is 0 Å². The minimum Gasteiger partial charge on any atom is -0.384 e. The number of anilines is 1. The molecule has 0 bridgehead atoms. The molecule has 1 aliphatic heterocycles. The minimum atomic E-state index is -0.448. The second-order valence-electron chi connectivity index (χ2n) is 4.14. The molecule has 1 aromatic carbocycles. The van der Waals surface area contributed by atoms with Gasteiger partial charge in [-0.25, -0.2) is 4.39 Å². The highest BCUT2D eigenvalue weighted by molar-refractivity contribution is 6.00. The quantitative estimate of drug-likeness (QED) is 0.616. The molecule has 4 nitrogen and oxygen atoms in total. The van der Waals surface area contributed by atoms with E-state index in [1.807, 2.05) is 4.90 Å². The average molecular weight is 237 g/mol. The van der Waals surface area contributed by atoms with E-state index in [9.17, 15) is 4.39 Å². The zero-order valence-corrected chi connectivity index (χ0v) is 9.74. The van der Waals surface area contributed by atoms with Gasteiger partial charge in [0.2, 0.25) is 0 Å². The highest BCUT2D eigenvalue weighted by Crippen LogP contribution is 2.27. The van der Waals surface area contributed by atoms with Gasteiger partial charge in [0.1, 0.15) is 11.7 Å². The van der Waals surface area contributed by atoms with Gasteiger partial charge in [0.15, 0.2) is 0 Å². The van der Waals surface area contributed by atoms with Crippen molar-refractivity contribution in [3.8, 4) is 0 Å². The topological polar surface area (TPSA) is 62.3 Å². The van der Waals surface area contributed by atoms with Crippen LogP contribution in [0.1, 0.15) is 12.0 Å². The minimum absolute atomic E-state index is 0.165. The Morgan fingerprint density at radius 3 is 2.94 bits per heavy atom. The lowest BCUT2D eigenvalue weighted by Crippen LogP contribution is -2.26. The Hall–Kier alpha value is -1.62. The maximum Gasteiger partial charge on any atom is 0.136 e. The average Bonchev–Trinajstić information content (AvgIpc) is 2.76. The van der Waals surface area contributed by atoms with E-state index in [-0.39, 0.29) is 17.5 Å². The number of halogens is 1. The van der Waals surface area contributed by atoms with Crippen LogP contribution in [0.4, 0.5) is 10.1 Å². The summed E-state index contributed by atoms with van der Waals surface area (Å²) in [6.07, 6.45) is 1.07. The largest absolute Gasteiger partial charge is 0.384 e. The van der Waals surface area contributed by atoms with Crippen LogP contribution < -0.4 is 10.6 Å². The molecule has 1 aromatic rings. The van der Waals surface area contributed by atoms with Gasteiger partial charge in [-0.2, -0.15) is 0 Å². The number of nitrogens with zero attached hydrogens (tertiary/aromatic N) is 1. The van der Waals surface area contributed by atoms with Gasteiger partial charge in [-0.1, -0.05) is 6.07 Å². The molecule has 3 N–H and O–H groups in total. The zero-order chi connectivity index (χ0) is 12.4. The van der Waals surface area contributed by atoms with E-state index in [2.05, 4.69) is 0 Å². The summed E-state index contributed by atoms with van der Waals surface area (Å²) in [4.78, 5) is 2.01. The van der Waals surface area contributed by atoms with Crippen LogP contribution in [0.15, 0.2) is 18.2 Å². The molecule has 2 rings (SSSR count). The van der Waals surface area contributed by atoms with E-state index < -0.39 is 5.82 Å². The molecule has 0 saturated carbocycles. The number of rotatable bonds is 3. The lowest BCUT2D eigenvalue weighted by atomic mass is 10.1. The summed E-state index contributed by atoms with van der Waals surface area (Å²) in [6.45, 7) is 1.50. The van der Waals surface area contributed by atoms with Crippen molar-refractivity contribution in [2.45, 2.75) is 12.5 Å². The fourth-order valence-electron chi connectivity index (χ4n) is 2.18. The first-order valence-corrected chi connectivity index (χ1v) is 5.54. The van der Waals surface area contributed by atoms with Crippen LogP contribution in [-0.2, 0) is 4.74 Å². The third-order valence-corrected chi connectivity index (χ3v) is 3.08. The maximum absolute atomic E-state index is 13.7. The molecule has 1 heterocycles. The van der Waals surface area contributed by atoms with Crippen molar-refractivity contribution in [3.05, 3.63) is 29.6 Å². The van der Waals surface area contributed by atoms with Gasteiger partial charge in [-0.05, 0) is 18.6 Å². The summed E-state index contributed by atoms with van der Waals surface area (Å²) in [5, 5.41) is 7.46. The number of amidine groups is 1. The second-order valence-corrected chi connectivity index (χ2v) is 4.14. The molecule has 0 aromatic heterocycles. The number of methoxy groups -OCH3 is 1. The highest BCUT2D eigenvalue weighted by Gasteiger charge is 2.25. The van der Waals surface area contributed by atoms with Gasteiger partial charge in [0.25, 0.3) is 0 Å². The lowest BCUT2D eigenvalue weighted by Gasteiger charge is -2.21. The first-order chi connectivity index (χ1) is 8.13. The molecule has 1 fully saturated rings. The molecule has 1 atom stereocenters. The molecule has 0 radical (unpaired) electrons. The maximum atomic E-state index is 13.7. The molecule has 0 amide bonds. The Labute approximate surface area is 99.7 Å². The van der Waals surface area contributed by atoms with Crippen LogP contribution in [-0.4, -0.2) is 32.1 Å². The molecule has 1 aliphatic rings. The van der Waals surface area contributed by atoms with Crippen molar-refractivity contribution >= 4 is 11.5 Å². The molecule has 1 unspecified atom stereocenters. The standard InChI is InChI=1S/C12H16FN3O/c1-17-8-5-6-16(7-8)10-4-2-3-9(13)11(10)12(14)15/h2-4,8H,5-7H2,1H3,(H3,14,15). The zero-order valence-electron chi connectivity index (χ0n) is 9.74. The first kappa shape index (κ1) is 11.9. The lowest BCUT2D eigenvalue weighted by molar-refractivity contribution is 0.121. The number of hydrogen-bond donors (Lipinski definition) is 2. The Morgan fingerprint density at radius 1 is 1.59 bits per heavy atom. The van der Waals surface area contributed by atoms with E-state index in [1.165, 1.54) is 6.07 Å². The van der Waals surface area contributed by atoms with Crippen LogP contribution in [0.2, 0.25) is 0 Å². The summed E-state index contributed by atoms with van der Waals surface area (Å²) in [5.74, 6) is -0.685. The summed E-state index contributed by atoms with van der Waals surface area (Å²) in [7, 11) is 1.67. The fourth-order valence-corrected chi connectivity index (χ4v) is 2.18. The number of benzene rings is 1. The van der Waals surface area contributed by atoms with Crippen LogP contribution in [0.5, 0.6) is 0 Å². The number of nitrogens with one attached hydrogen (secondary N) is 1. The molecule has 1 saturated heterocycles. The third kappa shape index (κ3) is 2.24. The Balaban J connectivity index is 2.33. The Bertz CT molecular complexity index is 436. The van der Waals surface area contributed by atoms with Crippen molar-refractivity contribution in [1.82, 2.24) is 0 Å². The summed E-state index contributed by atoms with van der Waals surface area (Å²) in [5.41, 5.74) is 6.30. The van der Waals surface area contributed by atoms with Gasteiger partial charge >= 0.3 is 0 Å². The van der Waals surface area contributed by atoms with E-state index in [1.54, 1.807) is 19.2 Å². The van der Waals surface area contributed by atoms with Crippen molar-refractivity contribution in [3.63, 3.8) is 0 Å². The van der Waals surface area contributed by atoms with E-state index in [4.69, 9.17) is 15.9 Å². The molecule has 92 valence electrons. The summed E-state index contributed by atoms with van der Waals surface area (Å²) in [6, 6.07) is 4.75. The van der Waals surface area contributed by atoms with Crippen LogP contribution in [0.3, 0.4) is 0 Å².